The maximum Gasteiger partial charge on any atom is 0.326 e. The predicted molar refractivity (Wildman–Crippen MR) is 77.6 cm³/mol. The first kappa shape index (κ1) is 15.6. The second kappa shape index (κ2) is 7.30. The molecule has 1 aromatic carbocycles. The minimum Gasteiger partial charge on any atom is -0.480 e. The highest BCUT2D eigenvalue weighted by Crippen LogP contribution is 2.09. The van der Waals surface area contributed by atoms with Crippen LogP contribution in [0, 0.1) is 0 Å². The molecule has 0 saturated carbocycles. The lowest BCUT2D eigenvalue weighted by atomic mass is 10.1. The van der Waals surface area contributed by atoms with Gasteiger partial charge in [0.25, 0.3) is 5.91 Å². The van der Waals surface area contributed by atoms with Crippen molar-refractivity contribution in [1.29, 1.82) is 0 Å². The summed E-state index contributed by atoms with van der Waals surface area (Å²) in [5, 5.41) is 22.5. The number of aromatic nitrogens is 4. The first-order valence-electron chi connectivity index (χ1n) is 6.99. The lowest BCUT2D eigenvalue weighted by Crippen LogP contribution is -2.40. The standard InChI is InChI=1S/C14H17N5O3/c1-2-3-4-12(14(21)22)16-13(20)10-5-7-11(8-6-10)19-9-15-17-18-19/h5-9,12H,2-4H2,1H3,(H,16,20)(H,21,22). The van der Waals surface area contributed by atoms with Crippen molar-refractivity contribution < 1.29 is 14.7 Å². The third-order valence-electron chi connectivity index (χ3n) is 3.19. The van der Waals surface area contributed by atoms with Crippen molar-refractivity contribution in [1.82, 2.24) is 25.5 Å². The van der Waals surface area contributed by atoms with Crippen molar-refractivity contribution in [3.63, 3.8) is 0 Å². The third-order valence-corrected chi connectivity index (χ3v) is 3.19. The summed E-state index contributed by atoms with van der Waals surface area (Å²) in [6.07, 6.45) is 3.48. The van der Waals surface area contributed by atoms with E-state index in [0.717, 1.165) is 12.8 Å². The van der Waals surface area contributed by atoms with Gasteiger partial charge < -0.3 is 10.4 Å². The van der Waals surface area contributed by atoms with E-state index in [1.807, 2.05) is 6.92 Å². The van der Waals surface area contributed by atoms with Crippen molar-refractivity contribution in [2.45, 2.75) is 32.2 Å². The Hall–Kier alpha value is -2.77. The molecule has 0 aliphatic heterocycles. The molecule has 0 bridgehead atoms. The van der Waals surface area contributed by atoms with E-state index in [0.29, 0.717) is 17.7 Å². The molecule has 1 aromatic heterocycles. The van der Waals surface area contributed by atoms with Gasteiger partial charge in [-0.25, -0.2) is 9.48 Å². The number of amides is 1. The molecular weight excluding hydrogens is 286 g/mol. The molecule has 1 amide bonds. The fourth-order valence-corrected chi connectivity index (χ4v) is 1.95. The van der Waals surface area contributed by atoms with Crippen LogP contribution >= 0.6 is 0 Å². The highest BCUT2D eigenvalue weighted by atomic mass is 16.4. The maximum absolute atomic E-state index is 12.1. The van der Waals surface area contributed by atoms with Crippen LogP contribution in [0.5, 0.6) is 0 Å². The molecule has 0 fully saturated rings. The normalized spacial score (nSPS) is 11.9. The second-order valence-electron chi connectivity index (χ2n) is 4.81. The lowest BCUT2D eigenvalue weighted by molar-refractivity contribution is -0.139. The molecule has 1 atom stereocenters. The smallest absolute Gasteiger partial charge is 0.326 e. The van der Waals surface area contributed by atoms with Crippen molar-refractivity contribution >= 4 is 11.9 Å². The van der Waals surface area contributed by atoms with E-state index in [4.69, 9.17) is 5.11 Å². The SMILES string of the molecule is CCCCC(NC(=O)c1ccc(-n2cnnn2)cc1)C(=O)O. The van der Waals surface area contributed by atoms with E-state index < -0.39 is 17.9 Å². The van der Waals surface area contributed by atoms with E-state index in [9.17, 15) is 9.59 Å². The second-order valence-corrected chi connectivity index (χ2v) is 4.81. The van der Waals surface area contributed by atoms with Gasteiger partial charge in [-0.05, 0) is 41.1 Å². The van der Waals surface area contributed by atoms with E-state index in [-0.39, 0.29) is 0 Å². The topological polar surface area (TPSA) is 110 Å². The van der Waals surface area contributed by atoms with E-state index in [1.54, 1.807) is 24.3 Å². The number of unbranched alkanes of at least 4 members (excludes halogenated alkanes) is 1. The van der Waals surface area contributed by atoms with Crippen molar-refractivity contribution in [2.75, 3.05) is 0 Å². The molecule has 1 unspecified atom stereocenters. The number of carboxylic acid groups (broad SMARTS) is 1. The van der Waals surface area contributed by atoms with Crippen molar-refractivity contribution in [3.05, 3.63) is 36.2 Å². The highest BCUT2D eigenvalue weighted by molar-refractivity contribution is 5.96. The quantitative estimate of drug-likeness (QED) is 0.790. The average molecular weight is 303 g/mol. The van der Waals surface area contributed by atoms with Crippen LogP contribution in [0.25, 0.3) is 5.69 Å². The van der Waals surface area contributed by atoms with Gasteiger partial charge in [0, 0.05) is 5.56 Å². The summed E-state index contributed by atoms with van der Waals surface area (Å²) in [5.41, 5.74) is 1.10. The molecule has 0 radical (unpaired) electrons. The summed E-state index contributed by atoms with van der Waals surface area (Å²) < 4.78 is 1.46. The number of carbonyl (C=O) groups is 2. The molecule has 22 heavy (non-hydrogen) atoms. The maximum atomic E-state index is 12.1. The molecule has 2 rings (SSSR count). The lowest BCUT2D eigenvalue weighted by Gasteiger charge is -2.14. The summed E-state index contributed by atoms with van der Waals surface area (Å²) in [7, 11) is 0. The average Bonchev–Trinajstić information content (AvgIpc) is 3.05. The van der Waals surface area contributed by atoms with E-state index >= 15 is 0 Å². The van der Waals surface area contributed by atoms with Crippen LogP contribution in [0.2, 0.25) is 0 Å². The predicted octanol–water partition coefficient (Wildman–Crippen LogP) is 1.04. The summed E-state index contributed by atoms with van der Waals surface area (Å²) in [6, 6.07) is 5.71. The van der Waals surface area contributed by atoms with Crippen molar-refractivity contribution in [2.24, 2.45) is 0 Å². The zero-order chi connectivity index (χ0) is 15.9. The van der Waals surface area contributed by atoms with Gasteiger partial charge in [-0.1, -0.05) is 19.8 Å². The Morgan fingerprint density at radius 1 is 1.32 bits per heavy atom. The summed E-state index contributed by atoms with van der Waals surface area (Å²) in [6.45, 7) is 1.97. The minimum absolute atomic E-state index is 0.388. The van der Waals surface area contributed by atoms with Gasteiger partial charge in [0.1, 0.15) is 12.4 Å². The molecular formula is C14H17N5O3. The monoisotopic (exact) mass is 303 g/mol. The Bertz CT molecular complexity index is 624. The van der Waals surface area contributed by atoms with Crippen LogP contribution in [-0.2, 0) is 4.79 Å². The zero-order valence-corrected chi connectivity index (χ0v) is 12.1. The van der Waals surface area contributed by atoms with Crippen LogP contribution < -0.4 is 5.32 Å². The molecule has 8 heteroatoms. The number of rotatable bonds is 7. The largest absolute Gasteiger partial charge is 0.480 e. The molecule has 8 nitrogen and oxygen atoms in total. The van der Waals surface area contributed by atoms with Gasteiger partial charge in [0.2, 0.25) is 0 Å². The zero-order valence-electron chi connectivity index (χ0n) is 12.1. The Morgan fingerprint density at radius 2 is 2.05 bits per heavy atom. The van der Waals surface area contributed by atoms with Gasteiger partial charge in [-0.15, -0.1) is 5.10 Å². The number of aliphatic carboxylic acids is 1. The first-order chi connectivity index (χ1) is 10.6. The molecule has 0 spiro atoms. The van der Waals surface area contributed by atoms with Gasteiger partial charge in [-0.2, -0.15) is 0 Å². The van der Waals surface area contributed by atoms with Gasteiger partial charge in [-0.3, -0.25) is 4.79 Å². The van der Waals surface area contributed by atoms with Crippen LogP contribution in [0.3, 0.4) is 0 Å². The number of benzene rings is 1. The molecule has 0 saturated heterocycles. The van der Waals surface area contributed by atoms with Crippen LogP contribution in [0.4, 0.5) is 0 Å². The minimum atomic E-state index is -1.02. The van der Waals surface area contributed by atoms with Gasteiger partial charge >= 0.3 is 5.97 Å². The van der Waals surface area contributed by atoms with E-state index in [1.165, 1.54) is 11.0 Å². The number of carbonyl (C=O) groups excluding carboxylic acids is 1. The fraction of sp³-hybridized carbons (Fsp3) is 0.357. The number of carboxylic acids is 1. The Labute approximate surface area is 127 Å². The number of hydrogen-bond acceptors (Lipinski definition) is 5. The Balaban J connectivity index is 2.04. The third kappa shape index (κ3) is 3.87. The van der Waals surface area contributed by atoms with Crippen LogP contribution in [0.1, 0.15) is 36.5 Å². The van der Waals surface area contributed by atoms with Gasteiger partial charge in [0.05, 0.1) is 5.69 Å². The summed E-state index contributed by atoms with van der Waals surface area (Å²) in [5.74, 6) is -1.43. The number of nitrogens with zero attached hydrogens (tertiary/aromatic N) is 4. The molecule has 2 aromatic rings. The molecule has 0 aliphatic rings. The molecule has 2 N–H and O–H groups in total. The number of hydrogen-bond donors (Lipinski definition) is 2. The van der Waals surface area contributed by atoms with Crippen LogP contribution in [-0.4, -0.2) is 43.2 Å². The Morgan fingerprint density at radius 3 is 2.59 bits per heavy atom. The first-order valence-corrected chi connectivity index (χ1v) is 6.99. The molecule has 0 aliphatic carbocycles. The highest BCUT2D eigenvalue weighted by Gasteiger charge is 2.19. The molecule has 116 valence electrons. The van der Waals surface area contributed by atoms with E-state index in [2.05, 4.69) is 20.8 Å². The number of tetrazole rings is 1. The van der Waals surface area contributed by atoms with Gasteiger partial charge in [0.15, 0.2) is 0 Å². The van der Waals surface area contributed by atoms with Crippen LogP contribution in [0.15, 0.2) is 30.6 Å². The number of nitrogens with one attached hydrogen (secondary N) is 1. The van der Waals surface area contributed by atoms with Crippen molar-refractivity contribution in [3.8, 4) is 5.69 Å². The summed E-state index contributed by atoms with van der Waals surface area (Å²) in [4.78, 5) is 23.2. The fourth-order valence-electron chi connectivity index (χ4n) is 1.95. The molecule has 1 heterocycles. The summed E-state index contributed by atoms with van der Waals surface area (Å²) >= 11 is 0. The Kier molecular flexibility index (Phi) is 5.18.